The number of aliphatic carboxylic acids is 1. The van der Waals surface area contributed by atoms with E-state index in [-0.39, 0.29) is 12.1 Å². The van der Waals surface area contributed by atoms with E-state index in [2.05, 4.69) is 21.1 Å². The first kappa shape index (κ1) is 19.0. The van der Waals surface area contributed by atoms with Crippen molar-refractivity contribution < 1.29 is 30.1 Å². The zero-order valence-electron chi connectivity index (χ0n) is 9.15. The Morgan fingerprint density at radius 2 is 1.71 bits per heavy atom. The maximum absolute atomic E-state index is 9.34. The van der Waals surface area contributed by atoms with Gasteiger partial charge in [-0.1, -0.05) is 0 Å². The first-order valence-electron chi connectivity index (χ1n) is 4.01. The Morgan fingerprint density at radius 3 is 1.71 bits per heavy atom. The second-order valence-electron chi connectivity index (χ2n) is 3.73. The highest BCUT2D eigenvalue weighted by Crippen LogP contribution is 1.84. The highest BCUT2D eigenvalue weighted by atomic mass is 16.4. The van der Waals surface area contributed by atoms with Crippen molar-refractivity contribution in [1.29, 1.82) is 0 Å². The van der Waals surface area contributed by atoms with Gasteiger partial charge in [0.1, 0.15) is 6.54 Å². The third-order valence-corrected chi connectivity index (χ3v) is 1.11. The molecule has 0 amide bonds. The summed E-state index contributed by atoms with van der Waals surface area (Å²) < 4.78 is 0.844. The molecule has 14 heavy (non-hydrogen) atoms. The molecule has 0 aliphatic carbocycles. The van der Waals surface area contributed by atoms with Crippen LogP contribution in [-0.2, 0) is 4.79 Å². The molecule has 0 aromatic heterocycles. The Hall–Kier alpha value is -0.690. The Morgan fingerprint density at radius 1 is 1.43 bits per heavy atom. The van der Waals surface area contributed by atoms with E-state index >= 15 is 0 Å². The van der Waals surface area contributed by atoms with Crippen molar-refractivity contribution in [3.8, 4) is 0 Å². The van der Waals surface area contributed by atoms with Crippen molar-refractivity contribution in [3.05, 3.63) is 0 Å². The largest absolute Gasteiger partial charge is 0.547 e. The fourth-order valence-corrected chi connectivity index (χ4v) is 0.300. The van der Waals surface area contributed by atoms with Gasteiger partial charge in [0.25, 0.3) is 0 Å². The highest BCUT2D eigenvalue weighted by Gasteiger charge is 2.02. The summed E-state index contributed by atoms with van der Waals surface area (Å²) in [4.78, 5) is 9.34. The van der Waals surface area contributed by atoms with Gasteiger partial charge in [-0.25, -0.2) is 0 Å². The molecule has 0 aromatic rings. The van der Waals surface area contributed by atoms with Crippen LogP contribution in [0.3, 0.4) is 0 Å². The summed E-state index contributed by atoms with van der Waals surface area (Å²) in [7, 11) is 6.16. The van der Waals surface area contributed by atoms with Gasteiger partial charge in [-0.15, -0.1) is 0 Å². The van der Waals surface area contributed by atoms with E-state index in [0.717, 1.165) is 18.0 Å². The van der Waals surface area contributed by atoms with Gasteiger partial charge in [0, 0.05) is 0 Å². The Labute approximate surface area is 84.3 Å². The number of aliphatic hydroxyl groups excluding tert-OH is 2. The molecule has 0 rings (SSSR count). The fraction of sp³-hybridized carbons (Fsp3) is 0.875. The fourth-order valence-electron chi connectivity index (χ4n) is 0.300. The standard InChI is InChI=1S/C5H14NO.C3H6O3.H2O/c1-6(2,3)4-5-7;1-2(4)3(5)6;/h7H,4-5H2,1-3H3;2,4H,1H3,(H,5,6);1H2/q+1;;/p-1. The normalized spacial score (nSPS) is 11.9. The highest BCUT2D eigenvalue weighted by molar-refractivity contribution is 5.68. The predicted octanol–water partition coefficient (Wildman–Crippen LogP) is -3.02. The Kier molecular flexibility index (Phi) is 12.0. The summed E-state index contributed by atoms with van der Waals surface area (Å²) in [6.07, 6.45) is -1.34. The van der Waals surface area contributed by atoms with Crippen LogP contribution in [0, 0.1) is 0 Å². The van der Waals surface area contributed by atoms with Crippen molar-refractivity contribution in [2.24, 2.45) is 0 Å². The molecule has 0 fully saturated rings. The molecule has 0 bridgehead atoms. The van der Waals surface area contributed by atoms with Crippen LogP contribution in [-0.4, -0.2) is 66.5 Å². The van der Waals surface area contributed by atoms with Crippen LogP contribution < -0.4 is 5.11 Å². The second-order valence-corrected chi connectivity index (χ2v) is 3.73. The zero-order chi connectivity index (χ0) is 11.1. The summed E-state index contributed by atoms with van der Waals surface area (Å²) in [5, 5.41) is 25.7. The lowest BCUT2D eigenvalue weighted by atomic mass is 10.4. The molecule has 1 unspecified atom stereocenters. The van der Waals surface area contributed by atoms with Crippen molar-refractivity contribution in [2.45, 2.75) is 13.0 Å². The number of rotatable bonds is 3. The molecule has 88 valence electrons. The molecule has 0 radical (unpaired) electrons. The lowest BCUT2D eigenvalue weighted by molar-refractivity contribution is -0.870. The summed E-state index contributed by atoms with van der Waals surface area (Å²) in [6, 6.07) is 0. The minimum absolute atomic E-state index is 0. The summed E-state index contributed by atoms with van der Waals surface area (Å²) in [6.45, 7) is 2.25. The number of likely N-dealkylation sites (N-methyl/N-ethyl adjacent to an activating group) is 1. The Bertz CT molecular complexity index is 141. The summed E-state index contributed by atoms with van der Waals surface area (Å²) >= 11 is 0. The van der Waals surface area contributed by atoms with Crippen molar-refractivity contribution in [1.82, 2.24) is 0 Å². The second kappa shape index (κ2) is 8.89. The topological polar surface area (TPSA) is 112 Å². The molecule has 0 aromatic carbocycles. The van der Waals surface area contributed by atoms with Crippen molar-refractivity contribution in [2.75, 3.05) is 34.3 Å². The van der Waals surface area contributed by atoms with Crippen LogP contribution in [0.15, 0.2) is 0 Å². The SMILES string of the molecule is CC(O)C(=O)[O-].C[N+](C)(C)CCO.O. The van der Waals surface area contributed by atoms with Crippen LogP contribution in [0.25, 0.3) is 0 Å². The van der Waals surface area contributed by atoms with Crippen LogP contribution in [0.1, 0.15) is 6.92 Å². The van der Waals surface area contributed by atoms with Gasteiger partial charge in [-0.2, -0.15) is 0 Å². The maximum Gasteiger partial charge on any atom is 0.101 e. The zero-order valence-corrected chi connectivity index (χ0v) is 9.15. The molecule has 0 aliphatic heterocycles. The lowest BCUT2D eigenvalue weighted by Gasteiger charge is -2.21. The number of quaternary nitrogens is 1. The molecule has 0 saturated carbocycles. The van der Waals surface area contributed by atoms with Crippen LogP contribution in [0.4, 0.5) is 0 Å². The number of hydrogen-bond acceptors (Lipinski definition) is 4. The number of carboxylic acid groups (broad SMARTS) is 1. The lowest BCUT2D eigenvalue weighted by Crippen LogP contribution is -2.36. The molecule has 6 heteroatoms. The number of carbonyl (C=O) groups is 1. The smallest absolute Gasteiger partial charge is 0.101 e. The van der Waals surface area contributed by atoms with Crippen LogP contribution in [0.2, 0.25) is 0 Å². The third-order valence-electron chi connectivity index (χ3n) is 1.11. The van der Waals surface area contributed by atoms with E-state index in [9.17, 15) is 9.90 Å². The minimum atomic E-state index is -1.44. The van der Waals surface area contributed by atoms with Crippen molar-refractivity contribution in [3.63, 3.8) is 0 Å². The van der Waals surface area contributed by atoms with Gasteiger partial charge in [-0.3, -0.25) is 0 Å². The van der Waals surface area contributed by atoms with Crippen molar-refractivity contribution >= 4 is 5.97 Å². The number of carbonyl (C=O) groups excluding carboxylic acids is 1. The summed E-state index contributed by atoms with van der Waals surface area (Å²) in [5.41, 5.74) is 0. The number of aliphatic hydroxyl groups is 2. The molecule has 6 nitrogen and oxygen atoms in total. The van der Waals surface area contributed by atoms with Gasteiger partial charge in [0.05, 0.1) is 39.8 Å². The molecular formula is C8H21NO5. The molecule has 4 N–H and O–H groups in total. The first-order valence-corrected chi connectivity index (χ1v) is 4.01. The van der Waals surface area contributed by atoms with Crippen LogP contribution >= 0.6 is 0 Å². The average Bonchev–Trinajstić information content (AvgIpc) is 1.85. The molecular weight excluding hydrogens is 190 g/mol. The van der Waals surface area contributed by atoms with Gasteiger partial charge in [0.2, 0.25) is 0 Å². The number of nitrogens with zero attached hydrogens (tertiary/aromatic N) is 1. The average molecular weight is 211 g/mol. The predicted molar refractivity (Wildman–Crippen MR) is 50.3 cm³/mol. The maximum atomic E-state index is 9.34. The van der Waals surface area contributed by atoms with E-state index in [1.165, 1.54) is 0 Å². The monoisotopic (exact) mass is 211 g/mol. The minimum Gasteiger partial charge on any atom is -0.547 e. The van der Waals surface area contributed by atoms with E-state index in [1.54, 1.807) is 0 Å². The van der Waals surface area contributed by atoms with E-state index in [1.807, 2.05) is 0 Å². The molecule has 0 spiro atoms. The quantitative estimate of drug-likeness (QED) is 0.484. The van der Waals surface area contributed by atoms with Gasteiger partial charge < -0.3 is 30.1 Å². The van der Waals surface area contributed by atoms with E-state index < -0.39 is 12.1 Å². The van der Waals surface area contributed by atoms with Gasteiger partial charge in [-0.05, 0) is 6.92 Å². The van der Waals surface area contributed by atoms with E-state index in [0.29, 0.717) is 0 Å². The molecule has 0 heterocycles. The van der Waals surface area contributed by atoms with Gasteiger partial charge in [0.15, 0.2) is 0 Å². The summed E-state index contributed by atoms with van der Waals surface area (Å²) in [5.74, 6) is -1.44. The third kappa shape index (κ3) is 22.5. The number of hydrogen-bond donors (Lipinski definition) is 2. The van der Waals surface area contributed by atoms with E-state index in [4.69, 9.17) is 10.2 Å². The van der Waals surface area contributed by atoms with Crippen LogP contribution in [0.5, 0.6) is 0 Å². The molecule has 0 aliphatic rings. The molecule has 1 atom stereocenters. The van der Waals surface area contributed by atoms with Gasteiger partial charge >= 0.3 is 0 Å². The first-order chi connectivity index (χ1) is 5.70. The Balaban J connectivity index is -0.000000163. The number of carboxylic acids is 1. The molecule has 0 saturated heterocycles.